The van der Waals surface area contributed by atoms with Crippen molar-refractivity contribution in [1.82, 2.24) is 0 Å². The Morgan fingerprint density at radius 1 is 1.11 bits per heavy atom. The van der Waals surface area contributed by atoms with E-state index in [1.54, 1.807) is 58.0 Å². The van der Waals surface area contributed by atoms with Crippen LogP contribution in [0.2, 0.25) is 0 Å². The molecule has 2 rings (SSSR count). The zero-order chi connectivity index (χ0) is 20.4. The summed E-state index contributed by atoms with van der Waals surface area (Å²) in [5.74, 6) is -1.68. The van der Waals surface area contributed by atoms with Crippen LogP contribution in [0.15, 0.2) is 30.3 Å². The third kappa shape index (κ3) is 4.74. The van der Waals surface area contributed by atoms with Crippen LogP contribution in [0.3, 0.4) is 0 Å². The van der Waals surface area contributed by atoms with Crippen molar-refractivity contribution in [1.29, 1.82) is 0 Å². The van der Waals surface area contributed by atoms with Crippen LogP contribution < -0.4 is 11.1 Å². The quantitative estimate of drug-likeness (QED) is 0.762. The maximum Gasteiger partial charge on any atom is 0.342 e. The van der Waals surface area contributed by atoms with E-state index in [1.165, 1.54) is 11.3 Å². The fourth-order valence-electron chi connectivity index (χ4n) is 2.34. The van der Waals surface area contributed by atoms with Crippen molar-refractivity contribution in [3.8, 4) is 0 Å². The molecule has 0 unspecified atom stereocenters. The number of esters is 1. The van der Waals surface area contributed by atoms with Crippen molar-refractivity contribution in [3.63, 3.8) is 0 Å². The number of amides is 2. The summed E-state index contributed by atoms with van der Waals surface area (Å²) < 4.78 is 5.43. The number of anilines is 1. The number of rotatable bonds is 5. The van der Waals surface area contributed by atoms with Gasteiger partial charge in [0.25, 0.3) is 5.91 Å². The van der Waals surface area contributed by atoms with Gasteiger partial charge in [-0.1, -0.05) is 51.1 Å². The van der Waals surface area contributed by atoms with Crippen LogP contribution >= 0.6 is 11.3 Å². The molecule has 7 heteroatoms. The SMILES string of the molecule is Cc1sc(NC(=O)C(C)(C)C)c(C(=O)O[C@@H](C(N)=O)c2ccccc2)c1C. The van der Waals surface area contributed by atoms with Gasteiger partial charge in [-0.25, -0.2) is 4.79 Å². The molecule has 0 saturated carbocycles. The summed E-state index contributed by atoms with van der Waals surface area (Å²) in [7, 11) is 0. The van der Waals surface area contributed by atoms with Crippen LogP contribution in [0.1, 0.15) is 53.2 Å². The van der Waals surface area contributed by atoms with Crippen molar-refractivity contribution < 1.29 is 19.1 Å². The summed E-state index contributed by atoms with van der Waals surface area (Å²) in [5.41, 5.74) is 6.25. The minimum Gasteiger partial charge on any atom is -0.444 e. The van der Waals surface area contributed by atoms with Crippen LogP contribution in [0.5, 0.6) is 0 Å². The van der Waals surface area contributed by atoms with Crippen molar-refractivity contribution in [2.75, 3.05) is 5.32 Å². The normalized spacial score (nSPS) is 12.3. The fourth-order valence-corrected chi connectivity index (χ4v) is 3.38. The minimum absolute atomic E-state index is 0.215. The van der Waals surface area contributed by atoms with Gasteiger partial charge < -0.3 is 15.8 Å². The molecule has 0 aliphatic rings. The summed E-state index contributed by atoms with van der Waals surface area (Å²) in [6, 6.07) is 8.57. The van der Waals surface area contributed by atoms with Gasteiger partial charge in [-0.15, -0.1) is 11.3 Å². The Balaban J connectivity index is 2.35. The molecule has 0 bridgehead atoms. The number of nitrogens with two attached hydrogens (primary N) is 1. The van der Waals surface area contributed by atoms with E-state index in [0.29, 0.717) is 16.1 Å². The first-order valence-electron chi connectivity index (χ1n) is 8.49. The zero-order valence-electron chi connectivity index (χ0n) is 16.1. The Labute approximate surface area is 162 Å². The predicted molar refractivity (Wildman–Crippen MR) is 106 cm³/mol. The highest BCUT2D eigenvalue weighted by Gasteiger charge is 2.30. The number of carbonyl (C=O) groups is 3. The van der Waals surface area contributed by atoms with E-state index >= 15 is 0 Å². The van der Waals surface area contributed by atoms with E-state index in [2.05, 4.69) is 5.32 Å². The molecule has 2 amide bonds. The molecule has 2 aromatic rings. The van der Waals surface area contributed by atoms with Crippen LogP contribution in [0.25, 0.3) is 0 Å². The summed E-state index contributed by atoms with van der Waals surface area (Å²) in [6.07, 6.45) is -1.20. The fraction of sp³-hybridized carbons (Fsp3) is 0.350. The molecule has 0 aliphatic heterocycles. The molecule has 0 radical (unpaired) electrons. The monoisotopic (exact) mass is 388 g/mol. The molecule has 1 aromatic carbocycles. The molecule has 3 N–H and O–H groups in total. The van der Waals surface area contributed by atoms with E-state index in [1.807, 2.05) is 6.92 Å². The molecule has 27 heavy (non-hydrogen) atoms. The summed E-state index contributed by atoms with van der Waals surface area (Å²) >= 11 is 1.30. The van der Waals surface area contributed by atoms with Gasteiger partial charge in [-0.05, 0) is 19.4 Å². The molecule has 144 valence electrons. The van der Waals surface area contributed by atoms with Crippen LogP contribution in [-0.2, 0) is 14.3 Å². The lowest BCUT2D eigenvalue weighted by molar-refractivity contribution is -0.127. The third-order valence-corrected chi connectivity index (χ3v) is 5.21. The van der Waals surface area contributed by atoms with Crippen molar-refractivity contribution in [2.45, 2.75) is 40.7 Å². The Bertz CT molecular complexity index is 866. The van der Waals surface area contributed by atoms with Gasteiger partial charge in [0.2, 0.25) is 12.0 Å². The van der Waals surface area contributed by atoms with Gasteiger partial charge in [-0.2, -0.15) is 0 Å². The molecule has 0 fully saturated rings. The molecular formula is C20H24N2O4S. The molecule has 0 spiro atoms. The topological polar surface area (TPSA) is 98.5 Å². The maximum atomic E-state index is 12.8. The van der Waals surface area contributed by atoms with E-state index in [0.717, 1.165) is 4.88 Å². The number of benzene rings is 1. The van der Waals surface area contributed by atoms with Gasteiger partial charge in [0.1, 0.15) is 5.00 Å². The van der Waals surface area contributed by atoms with Crippen molar-refractivity contribution in [3.05, 3.63) is 51.9 Å². The van der Waals surface area contributed by atoms with Crippen LogP contribution in [-0.4, -0.2) is 17.8 Å². The second kappa shape index (κ2) is 7.92. The molecule has 6 nitrogen and oxygen atoms in total. The smallest absolute Gasteiger partial charge is 0.342 e. The number of ether oxygens (including phenoxy) is 1. The first-order chi connectivity index (χ1) is 12.5. The lowest BCUT2D eigenvalue weighted by Gasteiger charge is -2.18. The third-order valence-electron chi connectivity index (χ3n) is 4.08. The molecular weight excluding hydrogens is 364 g/mol. The van der Waals surface area contributed by atoms with Gasteiger partial charge in [0.05, 0.1) is 5.56 Å². The first kappa shape index (κ1) is 20.6. The Morgan fingerprint density at radius 3 is 2.22 bits per heavy atom. The first-order valence-corrected chi connectivity index (χ1v) is 9.30. The van der Waals surface area contributed by atoms with Gasteiger partial charge >= 0.3 is 5.97 Å². The molecule has 1 atom stereocenters. The molecule has 0 aliphatic carbocycles. The average Bonchev–Trinajstić information content (AvgIpc) is 2.86. The Hall–Kier alpha value is -2.67. The lowest BCUT2D eigenvalue weighted by Crippen LogP contribution is -2.29. The summed E-state index contributed by atoms with van der Waals surface area (Å²) in [4.78, 5) is 37.9. The van der Waals surface area contributed by atoms with Crippen LogP contribution in [0.4, 0.5) is 5.00 Å². The van der Waals surface area contributed by atoms with E-state index in [-0.39, 0.29) is 11.5 Å². The molecule has 1 aromatic heterocycles. The molecule has 1 heterocycles. The van der Waals surface area contributed by atoms with Crippen molar-refractivity contribution >= 4 is 34.1 Å². The number of aryl methyl sites for hydroxylation is 1. The van der Waals surface area contributed by atoms with Crippen molar-refractivity contribution in [2.24, 2.45) is 11.1 Å². The molecule has 0 saturated heterocycles. The summed E-state index contributed by atoms with van der Waals surface area (Å²) in [5, 5.41) is 3.21. The number of hydrogen-bond donors (Lipinski definition) is 2. The highest BCUT2D eigenvalue weighted by molar-refractivity contribution is 7.16. The highest BCUT2D eigenvalue weighted by atomic mass is 32.1. The number of primary amides is 1. The number of carbonyl (C=O) groups excluding carboxylic acids is 3. The predicted octanol–water partition coefficient (Wildman–Crippen LogP) is 3.73. The number of nitrogens with one attached hydrogen (secondary N) is 1. The number of hydrogen-bond acceptors (Lipinski definition) is 5. The summed E-state index contributed by atoms with van der Waals surface area (Å²) in [6.45, 7) is 8.98. The van der Waals surface area contributed by atoms with E-state index in [4.69, 9.17) is 10.5 Å². The highest BCUT2D eigenvalue weighted by Crippen LogP contribution is 2.35. The van der Waals surface area contributed by atoms with Crippen LogP contribution in [0, 0.1) is 19.3 Å². The lowest BCUT2D eigenvalue weighted by atomic mass is 9.96. The van der Waals surface area contributed by atoms with E-state index < -0.39 is 23.4 Å². The minimum atomic E-state index is -1.20. The zero-order valence-corrected chi connectivity index (χ0v) is 16.9. The second-order valence-electron chi connectivity index (χ2n) is 7.29. The van der Waals surface area contributed by atoms with Gasteiger partial charge in [0, 0.05) is 15.9 Å². The Morgan fingerprint density at radius 2 is 1.70 bits per heavy atom. The second-order valence-corrected chi connectivity index (χ2v) is 8.51. The standard InChI is InChI=1S/C20H24N2O4S/c1-11-12(2)27-17(22-19(25)20(3,4)5)14(11)18(24)26-15(16(21)23)13-9-7-6-8-10-13/h6-10,15H,1-5H3,(H2,21,23)(H,22,25)/t15-/m1/s1. The average molecular weight is 388 g/mol. The Kier molecular flexibility index (Phi) is 6.05. The maximum absolute atomic E-state index is 12.8. The largest absolute Gasteiger partial charge is 0.444 e. The van der Waals surface area contributed by atoms with E-state index in [9.17, 15) is 14.4 Å². The van der Waals surface area contributed by atoms with Gasteiger partial charge in [-0.3, -0.25) is 9.59 Å². The van der Waals surface area contributed by atoms with Gasteiger partial charge in [0.15, 0.2) is 0 Å². The number of thiophene rings is 1.